The van der Waals surface area contributed by atoms with Gasteiger partial charge in [-0.3, -0.25) is 9.89 Å². The van der Waals surface area contributed by atoms with Gasteiger partial charge in [0.2, 0.25) is 5.82 Å². The predicted molar refractivity (Wildman–Crippen MR) is 76.5 cm³/mol. The molecule has 0 unspecified atom stereocenters. The minimum atomic E-state index is -0.484. The molecule has 0 amide bonds. The van der Waals surface area contributed by atoms with Crippen LogP contribution < -0.4 is 4.74 Å². The number of aromatic nitrogens is 3. The molecule has 2 N–H and O–H groups in total. The molecule has 0 radical (unpaired) electrons. The van der Waals surface area contributed by atoms with Crippen LogP contribution in [0.4, 0.5) is 0 Å². The van der Waals surface area contributed by atoms with Crippen LogP contribution in [-0.4, -0.2) is 26.1 Å². The third-order valence-electron chi connectivity index (χ3n) is 2.76. The lowest BCUT2D eigenvalue weighted by atomic mass is 10.2. The summed E-state index contributed by atoms with van der Waals surface area (Å²) in [4.78, 5) is 15.9. The van der Waals surface area contributed by atoms with Crippen LogP contribution in [0.3, 0.4) is 0 Å². The zero-order valence-corrected chi connectivity index (χ0v) is 11.3. The number of ether oxygens (including phenoxy) is 1. The number of rotatable bonds is 5. The Morgan fingerprint density at radius 1 is 1.27 bits per heavy atom. The topological polar surface area (TPSA) is 101 Å². The van der Waals surface area contributed by atoms with Crippen molar-refractivity contribution in [1.82, 2.24) is 15.2 Å². The molecule has 2 heterocycles. The Morgan fingerprint density at radius 2 is 2.09 bits per heavy atom. The number of hydrogen-bond donors (Lipinski definition) is 2. The number of benzene rings is 1. The van der Waals surface area contributed by atoms with Crippen molar-refractivity contribution in [3.63, 3.8) is 0 Å². The summed E-state index contributed by atoms with van der Waals surface area (Å²) in [6, 6.07) is 10.4. The van der Waals surface area contributed by atoms with E-state index in [2.05, 4.69) is 15.2 Å². The summed E-state index contributed by atoms with van der Waals surface area (Å²) in [6.45, 7) is 0. The van der Waals surface area contributed by atoms with Crippen molar-refractivity contribution >= 4 is 11.5 Å². The van der Waals surface area contributed by atoms with Gasteiger partial charge in [0, 0.05) is 6.08 Å². The van der Waals surface area contributed by atoms with Crippen molar-refractivity contribution in [1.29, 1.82) is 0 Å². The van der Waals surface area contributed by atoms with Gasteiger partial charge in [-0.25, -0.2) is 4.98 Å². The maximum atomic E-state index is 12.2. The number of H-pyrrole nitrogens is 1. The monoisotopic (exact) mass is 297 g/mol. The van der Waals surface area contributed by atoms with Crippen LogP contribution in [0.1, 0.15) is 16.2 Å². The fourth-order valence-corrected chi connectivity index (χ4v) is 1.75. The molecule has 0 saturated carbocycles. The molecular formula is C15H11N3O4. The highest BCUT2D eigenvalue weighted by Gasteiger charge is 2.17. The number of carbonyl (C=O) groups excluding carboxylic acids is 1. The van der Waals surface area contributed by atoms with Crippen molar-refractivity contribution < 1.29 is 19.1 Å². The number of para-hydroxylation sites is 1. The third kappa shape index (κ3) is 2.88. The van der Waals surface area contributed by atoms with Crippen molar-refractivity contribution in [3.8, 4) is 11.7 Å². The lowest BCUT2D eigenvalue weighted by molar-refractivity contribution is 0.104. The van der Waals surface area contributed by atoms with Gasteiger partial charge in [-0.15, -0.1) is 0 Å². The van der Waals surface area contributed by atoms with Gasteiger partial charge in [0.05, 0.1) is 6.26 Å². The van der Waals surface area contributed by atoms with Crippen molar-refractivity contribution in [2.75, 3.05) is 0 Å². The molecule has 0 aliphatic carbocycles. The van der Waals surface area contributed by atoms with Crippen molar-refractivity contribution in [2.45, 2.75) is 0 Å². The summed E-state index contributed by atoms with van der Waals surface area (Å²) >= 11 is 0. The fraction of sp³-hybridized carbons (Fsp3) is 0. The average molecular weight is 297 g/mol. The van der Waals surface area contributed by atoms with Gasteiger partial charge in [-0.1, -0.05) is 18.2 Å². The van der Waals surface area contributed by atoms with Crippen LogP contribution in [0.15, 0.2) is 59.5 Å². The largest absolute Gasteiger partial charge is 0.504 e. The van der Waals surface area contributed by atoms with Gasteiger partial charge in [-0.05, 0) is 18.2 Å². The van der Waals surface area contributed by atoms with Crippen LogP contribution in [0.25, 0.3) is 5.76 Å². The molecule has 22 heavy (non-hydrogen) atoms. The minimum Gasteiger partial charge on any atom is -0.504 e. The Kier molecular flexibility index (Phi) is 3.69. The number of aliphatic hydroxyl groups is 1. The number of carbonyl (C=O) groups is 1. The van der Waals surface area contributed by atoms with Crippen LogP contribution >= 0.6 is 0 Å². The number of ketones is 1. The number of nitrogens with one attached hydrogen (secondary N) is 1. The van der Waals surface area contributed by atoms with Crippen LogP contribution in [-0.2, 0) is 0 Å². The molecule has 3 rings (SSSR count). The third-order valence-corrected chi connectivity index (χ3v) is 2.76. The Balaban J connectivity index is 1.82. The molecule has 7 nitrogen and oxygen atoms in total. The molecule has 0 aliphatic rings. The van der Waals surface area contributed by atoms with Gasteiger partial charge in [0.25, 0.3) is 0 Å². The van der Waals surface area contributed by atoms with Gasteiger partial charge < -0.3 is 14.3 Å². The summed E-state index contributed by atoms with van der Waals surface area (Å²) in [5.41, 5.74) is 0.186. The van der Waals surface area contributed by atoms with E-state index in [1.54, 1.807) is 24.3 Å². The maximum absolute atomic E-state index is 12.2. The van der Waals surface area contributed by atoms with Gasteiger partial charge in [-0.2, -0.15) is 5.10 Å². The smallest absolute Gasteiger partial charge is 0.301 e. The van der Waals surface area contributed by atoms with E-state index >= 15 is 0 Å². The van der Waals surface area contributed by atoms with E-state index in [4.69, 9.17) is 9.15 Å². The molecule has 3 aromatic rings. The molecule has 0 saturated heterocycles. The average Bonchev–Trinajstić information content (AvgIpc) is 3.19. The van der Waals surface area contributed by atoms with Crippen LogP contribution in [0.2, 0.25) is 0 Å². The fourth-order valence-electron chi connectivity index (χ4n) is 1.75. The molecule has 0 spiro atoms. The maximum Gasteiger partial charge on any atom is 0.301 e. The van der Waals surface area contributed by atoms with E-state index in [1.165, 1.54) is 18.7 Å². The standard InChI is InChI=1S/C15H11N3O4/c19-12(8-13(20)14-16-9-17-18-14)11-6-7-21-15(11)22-10-4-2-1-3-5-10/h1-9,20H,(H,16,17,18). The Bertz CT molecular complexity index is 791. The Labute approximate surface area is 124 Å². The SMILES string of the molecule is O=C(C=C(O)c1nc[nH]n1)c1ccoc1Oc1ccccc1. The highest BCUT2D eigenvalue weighted by molar-refractivity contribution is 6.08. The van der Waals surface area contributed by atoms with E-state index in [-0.39, 0.29) is 23.1 Å². The summed E-state index contributed by atoms with van der Waals surface area (Å²) in [5.74, 6) is -0.216. The van der Waals surface area contributed by atoms with E-state index in [9.17, 15) is 9.90 Å². The first-order chi connectivity index (χ1) is 10.7. The number of nitrogens with zero attached hydrogens (tertiary/aromatic N) is 2. The molecule has 0 aliphatic heterocycles. The van der Waals surface area contributed by atoms with Gasteiger partial charge in [0.1, 0.15) is 17.6 Å². The van der Waals surface area contributed by atoms with Crippen LogP contribution in [0.5, 0.6) is 11.7 Å². The number of aromatic amines is 1. The molecule has 110 valence electrons. The number of furan rings is 1. The molecule has 7 heteroatoms. The predicted octanol–water partition coefficient (Wildman–Crippen LogP) is 2.97. The van der Waals surface area contributed by atoms with E-state index in [0.29, 0.717) is 5.75 Å². The first-order valence-electron chi connectivity index (χ1n) is 6.35. The molecule has 0 fully saturated rings. The summed E-state index contributed by atoms with van der Waals surface area (Å²) in [6.07, 6.45) is 3.64. The molecule has 2 aromatic heterocycles. The van der Waals surface area contributed by atoms with Crippen molar-refractivity contribution in [3.05, 3.63) is 66.5 Å². The first-order valence-corrected chi connectivity index (χ1v) is 6.35. The normalized spacial score (nSPS) is 11.4. The number of hydrogen-bond acceptors (Lipinski definition) is 6. The number of aliphatic hydroxyl groups excluding tert-OH is 1. The van der Waals surface area contributed by atoms with E-state index in [1.807, 2.05) is 6.07 Å². The zero-order chi connectivity index (χ0) is 15.4. The number of allylic oxidation sites excluding steroid dienone is 1. The Morgan fingerprint density at radius 3 is 2.82 bits per heavy atom. The van der Waals surface area contributed by atoms with E-state index in [0.717, 1.165) is 6.08 Å². The zero-order valence-electron chi connectivity index (χ0n) is 11.3. The highest BCUT2D eigenvalue weighted by atomic mass is 16.6. The van der Waals surface area contributed by atoms with Crippen molar-refractivity contribution in [2.24, 2.45) is 0 Å². The molecule has 0 atom stereocenters. The molecule has 1 aromatic carbocycles. The Hall–Kier alpha value is -3.35. The van der Waals surface area contributed by atoms with Crippen LogP contribution in [0, 0.1) is 0 Å². The van der Waals surface area contributed by atoms with Gasteiger partial charge in [0.15, 0.2) is 11.5 Å². The van der Waals surface area contributed by atoms with Gasteiger partial charge >= 0.3 is 5.95 Å². The quantitative estimate of drug-likeness (QED) is 0.426. The minimum absolute atomic E-state index is 0.0300. The lowest BCUT2D eigenvalue weighted by Gasteiger charge is -2.03. The summed E-state index contributed by atoms with van der Waals surface area (Å²) in [5, 5.41) is 15.9. The lowest BCUT2D eigenvalue weighted by Crippen LogP contribution is -1.98. The van der Waals surface area contributed by atoms with E-state index < -0.39 is 5.78 Å². The second-order valence-corrected chi connectivity index (χ2v) is 4.25. The molecule has 0 bridgehead atoms. The molecular weight excluding hydrogens is 286 g/mol. The first kappa shape index (κ1) is 13.6. The highest BCUT2D eigenvalue weighted by Crippen LogP contribution is 2.27. The second-order valence-electron chi connectivity index (χ2n) is 4.25. The second kappa shape index (κ2) is 5.96. The summed E-state index contributed by atoms with van der Waals surface area (Å²) < 4.78 is 10.7. The summed E-state index contributed by atoms with van der Waals surface area (Å²) in [7, 11) is 0.